The molecule has 0 fully saturated rings. The summed E-state index contributed by atoms with van der Waals surface area (Å²) in [6.45, 7) is 4.27. The Bertz CT molecular complexity index is 537. The van der Waals surface area contributed by atoms with E-state index in [0.717, 1.165) is 23.4 Å². The average molecular weight is 251 g/mol. The number of hydrogen-bond donors (Lipinski definition) is 2. The van der Waals surface area contributed by atoms with Gasteiger partial charge in [-0.15, -0.1) is 0 Å². The van der Waals surface area contributed by atoms with Crippen molar-refractivity contribution in [2.45, 2.75) is 26.4 Å². The normalized spacial score (nSPS) is 12.7. The molecule has 2 rings (SSSR count). The number of nitrogens with zero attached hydrogens (tertiary/aromatic N) is 1. The lowest BCUT2D eigenvalue weighted by Gasteiger charge is -2.14. The van der Waals surface area contributed by atoms with Gasteiger partial charge in [0.2, 0.25) is 0 Å². The number of nitrogens with one attached hydrogen (secondary N) is 2. The van der Waals surface area contributed by atoms with Crippen LogP contribution in [0.15, 0.2) is 24.4 Å². The molecule has 2 aromatic rings. The second-order valence-corrected chi connectivity index (χ2v) is 4.29. The summed E-state index contributed by atoms with van der Waals surface area (Å²) in [6, 6.07) is 3.21. The third kappa shape index (κ3) is 2.73. The lowest BCUT2D eigenvalue weighted by molar-refractivity contribution is 0.518. The van der Waals surface area contributed by atoms with Crippen LogP contribution < -0.4 is 5.32 Å². The monoisotopic (exact) mass is 251 g/mol. The number of benzene rings is 1. The minimum absolute atomic E-state index is 0.269. The van der Waals surface area contributed by atoms with Crippen LogP contribution >= 0.6 is 0 Å². The third-order valence-electron chi connectivity index (χ3n) is 2.96. The van der Waals surface area contributed by atoms with Crippen molar-refractivity contribution in [3.8, 4) is 0 Å². The number of aromatic amines is 1. The molecule has 0 aliphatic carbocycles. The smallest absolute Gasteiger partial charge is 0.128 e. The first-order valence-electron chi connectivity index (χ1n) is 5.75. The highest BCUT2D eigenvalue weighted by atomic mass is 19.1. The van der Waals surface area contributed by atoms with Crippen LogP contribution in [-0.4, -0.2) is 10.2 Å². The molecule has 18 heavy (non-hydrogen) atoms. The van der Waals surface area contributed by atoms with Crippen LogP contribution in [0.25, 0.3) is 0 Å². The fourth-order valence-electron chi connectivity index (χ4n) is 1.77. The maximum Gasteiger partial charge on any atom is 0.128 e. The second-order valence-electron chi connectivity index (χ2n) is 4.29. The Morgan fingerprint density at radius 3 is 2.83 bits per heavy atom. The quantitative estimate of drug-likeness (QED) is 0.877. The van der Waals surface area contributed by atoms with Crippen molar-refractivity contribution in [3.63, 3.8) is 0 Å². The molecule has 3 nitrogen and oxygen atoms in total. The maximum atomic E-state index is 13.5. The van der Waals surface area contributed by atoms with Crippen LogP contribution in [0.1, 0.15) is 29.8 Å². The maximum absolute atomic E-state index is 13.5. The van der Waals surface area contributed by atoms with Gasteiger partial charge in [-0.25, -0.2) is 8.78 Å². The molecule has 0 saturated carbocycles. The number of rotatable bonds is 4. The van der Waals surface area contributed by atoms with Crippen LogP contribution in [0.3, 0.4) is 0 Å². The first kappa shape index (κ1) is 12.7. The molecular weight excluding hydrogens is 236 g/mol. The molecule has 0 bridgehead atoms. The Morgan fingerprint density at radius 1 is 1.39 bits per heavy atom. The van der Waals surface area contributed by atoms with Crippen molar-refractivity contribution in [3.05, 3.63) is 52.9 Å². The molecule has 0 aliphatic heterocycles. The van der Waals surface area contributed by atoms with Crippen molar-refractivity contribution in [2.24, 2.45) is 0 Å². The van der Waals surface area contributed by atoms with E-state index in [4.69, 9.17) is 0 Å². The van der Waals surface area contributed by atoms with Gasteiger partial charge < -0.3 is 5.32 Å². The summed E-state index contributed by atoms with van der Waals surface area (Å²) in [6.07, 6.45) is 1.72. The van der Waals surface area contributed by atoms with Crippen LogP contribution in [0.5, 0.6) is 0 Å². The predicted molar refractivity (Wildman–Crippen MR) is 64.9 cm³/mol. The second kappa shape index (κ2) is 5.27. The third-order valence-corrected chi connectivity index (χ3v) is 2.96. The molecule has 0 spiro atoms. The zero-order valence-corrected chi connectivity index (χ0v) is 10.3. The molecule has 0 aliphatic rings. The van der Waals surface area contributed by atoms with Gasteiger partial charge in [-0.2, -0.15) is 5.10 Å². The Hall–Kier alpha value is -1.75. The van der Waals surface area contributed by atoms with Gasteiger partial charge >= 0.3 is 0 Å². The molecule has 96 valence electrons. The van der Waals surface area contributed by atoms with E-state index in [-0.39, 0.29) is 6.04 Å². The van der Waals surface area contributed by atoms with E-state index in [0.29, 0.717) is 12.1 Å². The summed E-state index contributed by atoms with van der Waals surface area (Å²) in [7, 11) is 0. The zero-order chi connectivity index (χ0) is 13.1. The summed E-state index contributed by atoms with van der Waals surface area (Å²) < 4.78 is 26.6. The van der Waals surface area contributed by atoms with Crippen LogP contribution in [0, 0.1) is 18.6 Å². The predicted octanol–water partition coefficient (Wildman–Crippen LogP) is 2.85. The number of aromatic nitrogens is 2. The molecular formula is C13H15F2N3. The number of halogens is 2. The minimum Gasteiger partial charge on any atom is -0.306 e. The highest BCUT2D eigenvalue weighted by Crippen LogP contribution is 2.18. The number of H-pyrrole nitrogens is 1. The largest absolute Gasteiger partial charge is 0.306 e. The summed E-state index contributed by atoms with van der Waals surface area (Å²) in [5.74, 6) is -0.833. The molecule has 1 unspecified atom stereocenters. The van der Waals surface area contributed by atoms with E-state index < -0.39 is 11.6 Å². The molecule has 0 amide bonds. The highest BCUT2D eigenvalue weighted by Gasteiger charge is 2.12. The van der Waals surface area contributed by atoms with Gasteiger partial charge in [-0.3, -0.25) is 5.10 Å². The summed E-state index contributed by atoms with van der Waals surface area (Å²) >= 11 is 0. The first-order valence-corrected chi connectivity index (χ1v) is 5.75. The standard InChI is InChI=1S/C13H15F2N3/c1-8-10(7-17-18-8)6-16-9(2)12-5-11(14)3-4-13(12)15/h3-5,7,9,16H,6H2,1-2H3,(H,17,18). The SMILES string of the molecule is Cc1[nH]ncc1CNC(C)c1cc(F)ccc1F. The molecule has 1 heterocycles. The van der Waals surface area contributed by atoms with Crippen molar-refractivity contribution < 1.29 is 8.78 Å². The van der Waals surface area contributed by atoms with Crippen LogP contribution in [0.2, 0.25) is 0 Å². The minimum atomic E-state index is -0.431. The molecule has 1 aromatic heterocycles. The Balaban J connectivity index is 2.06. The lowest BCUT2D eigenvalue weighted by Crippen LogP contribution is -2.19. The Kier molecular flexibility index (Phi) is 3.72. The Morgan fingerprint density at radius 2 is 2.17 bits per heavy atom. The van der Waals surface area contributed by atoms with Gasteiger partial charge in [0, 0.05) is 29.4 Å². The van der Waals surface area contributed by atoms with Crippen molar-refractivity contribution in [2.75, 3.05) is 0 Å². The van der Waals surface area contributed by atoms with E-state index >= 15 is 0 Å². The average Bonchev–Trinajstić information content (AvgIpc) is 2.75. The fourth-order valence-corrected chi connectivity index (χ4v) is 1.77. The summed E-state index contributed by atoms with van der Waals surface area (Å²) in [5, 5.41) is 9.88. The van der Waals surface area contributed by atoms with Gasteiger partial charge in [0.15, 0.2) is 0 Å². The molecule has 0 radical (unpaired) electrons. The van der Waals surface area contributed by atoms with Gasteiger partial charge in [0.25, 0.3) is 0 Å². The van der Waals surface area contributed by atoms with Gasteiger partial charge in [-0.05, 0) is 32.0 Å². The van der Waals surface area contributed by atoms with Gasteiger partial charge in [-0.1, -0.05) is 0 Å². The van der Waals surface area contributed by atoms with E-state index in [1.165, 1.54) is 6.07 Å². The molecule has 2 N–H and O–H groups in total. The van der Waals surface area contributed by atoms with E-state index in [1.54, 1.807) is 13.1 Å². The Labute approximate surface area is 104 Å². The van der Waals surface area contributed by atoms with E-state index in [2.05, 4.69) is 15.5 Å². The fraction of sp³-hybridized carbons (Fsp3) is 0.308. The highest BCUT2D eigenvalue weighted by molar-refractivity contribution is 5.22. The van der Waals surface area contributed by atoms with Gasteiger partial charge in [0.1, 0.15) is 11.6 Å². The summed E-state index contributed by atoms with van der Waals surface area (Å²) in [5.41, 5.74) is 2.31. The van der Waals surface area contributed by atoms with Crippen molar-refractivity contribution in [1.82, 2.24) is 15.5 Å². The van der Waals surface area contributed by atoms with E-state index in [1.807, 2.05) is 6.92 Å². The summed E-state index contributed by atoms with van der Waals surface area (Å²) in [4.78, 5) is 0. The first-order chi connectivity index (χ1) is 8.58. The van der Waals surface area contributed by atoms with Crippen LogP contribution in [0.4, 0.5) is 8.78 Å². The molecule has 1 aromatic carbocycles. The van der Waals surface area contributed by atoms with Gasteiger partial charge in [0.05, 0.1) is 6.20 Å². The van der Waals surface area contributed by atoms with Crippen LogP contribution in [-0.2, 0) is 6.54 Å². The lowest BCUT2D eigenvalue weighted by atomic mass is 10.1. The topological polar surface area (TPSA) is 40.7 Å². The van der Waals surface area contributed by atoms with Crippen molar-refractivity contribution in [1.29, 1.82) is 0 Å². The van der Waals surface area contributed by atoms with Crippen molar-refractivity contribution >= 4 is 0 Å². The van der Waals surface area contributed by atoms with E-state index in [9.17, 15) is 8.78 Å². The molecule has 1 atom stereocenters. The molecule has 0 saturated heterocycles. The molecule has 5 heteroatoms. The zero-order valence-electron chi connectivity index (χ0n) is 10.3. The number of hydrogen-bond acceptors (Lipinski definition) is 2. The number of aryl methyl sites for hydroxylation is 1.